The normalized spacial score (nSPS) is 29.5. The molecule has 23 heavy (non-hydrogen) atoms. The van der Waals surface area contributed by atoms with E-state index in [0.717, 1.165) is 19.3 Å². The number of hydrogen-bond donors (Lipinski definition) is 0. The van der Waals surface area contributed by atoms with Gasteiger partial charge in [0.25, 0.3) is 0 Å². The number of unbranched alkanes of at least 4 members (excludes halogenated alkanes) is 2. The number of rotatable bonds is 10. The molecule has 138 valence electrons. The lowest BCUT2D eigenvalue weighted by atomic mass is 10.3. The third kappa shape index (κ3) is 8.09. The van der Waals surface area contributed by atoms with Crippen molar-refractivity contribution < 1.29 is 18.0 Å². The van der Waals surface area contributed by atoms with Gasteiger partial charge >= 0.3 is 8.80 Å². The van der Waals surface area contributed by atoms with Gasteiger partial charge in [-0.2, -0.15) is 0 Å². The molecule has 1 aliphatic rings. The summed E-state index contributed by atoms with van der Waals surface area (Å²) in [6.07, 6.45) is 5.63. The second-order valence-electron chi connectivity index (χ2n) is 6.49. The second-order valence-corrected chi connectivity index (χ2v) is 8.94. The summed E-state index contributed by atoms with van der Waals surface area (Å²) in [4.78, 5) is 2.48. The van der Waals surface area contributed by atoms with Crippen molar-refractivity contribution >= 4 is 8.80 Å². The summed E-state index contributed by atoms with van der Waals surface area (Å²) >= 11 is 0. The summed E-state index contributed by atoms with van der Waals surface area (Å²) in [5, 5.41) is 0. The van der Waals surface area contributed by atoms with Gasteiger partial charge in [-0.15, -0.1) is 0 Å². The van der Waals surface area contributed by atoms with E-state index in [1.54, 1.807) is 0 Å². The predicted molar refractivity (Wildman–Crippen MR) is 95.5 cm³/mol. The first-order valence-corrected chi connectivity index (χ1v) is 11.3. The standard InChI is InChI=1S/C17H37NO4Si/c1-6-9-11-18(12-10-7-2)15-23(20-8-3)21-16(4)13-19-14-17(5)22-23/h16-17H,6-15H2,1-5H3. The summed E-state index contributed by atoms with van der Waals surface area (Å²) in [5.74, 6) is 0. The van der Waals surface area contributed by atoms with E-state index in [1.165, 1.54) is 25.7 Å². The molecule has 0 aliphatic carbocycles. The van der Waals surface area contributed by atoms with Crippen molar-refractivity contribution in [1.29, 1.82) is 0 Å². The average molecular weight is 348 g/mol. The molecular weight excluding hydrogens is 310 g/mol. The molecule has 1 aliphatic heterocycles. The largest absolute Gasteiger partial charge is 0.516 e. The fourth-order valence-electron chi connectivity index (χ4n) is 2.82. The van der Waals surface area contributed by atoms with Gasteiger partial charge in [0.2, 0.25) is 0 Å². The smallest absolute Gasteiger partial charge is 0.376 e. The van der Waals surface area contributed by atoms with Crippen LogP contribution >= 0.6 is 0 Å². The molecule has 0 bridgehead atoms. The van der Waals surface area contributed by atoms with Crippen LogP contribution in [0.25, 0.3) is 0 Å². The topological polar surface area (TPSA) is 40.2 Å². The van der Waals surface area contributed by atoms with E-state index >= 15 is 0 Å². The fourth-order valence-corrected chi connectivity index (χ4v) is 5.92. The van der Waals surface area contributed by atoms with Gasteiger partial charge in [-0.05, 0) is 46.7 Å². The van der Waals surface area contributed by atoms with E-state index in [9.17, 15) is 0 Å². The first-order chi connectivity index (χ1) is 11.0. The number of nitrogens with zero attached hydrogens (tertiary/aromatic N) is 1. The molecule has 0 aromatic carbocycles. The van der Waals surface area contributed by atoms with Crippen molar-refractivity contribution in [2.75, 3.05) is 39.1 Å². The lowest BCUT2D eigenvalue weighted by Crippen LogP contribution is -2.60. The van der Waals surface area contributed by atoms with E-state index in [-0.39, 0.29) is 12.2 Å². The van der Waals surface area contributed by atoms with Crippen LogP contribution in [0, 0.1) is 0 Å². The maximum Gasteiger partial charge on any atom is 0.516 e. The van der Waals surface area contributed by atoms with Gasteiger partial charge in [-0.3, -0.25) is 4.90 Å². The Balaban J connectivity index is 2.83. The first-order valence-electron chi connectivity index (χ1n) is 9.34. The minimum atomic E-state index is -2.71. The van der Waals surface area contributed by atoms with Crippen LogP contribution in [-0.2, 0) is 18.0 Å². The number of ether oxygens (including phenoxy) is 1. The highest BCUT2D eigenvalue weighted by Crippen LogP contribution is 2.20. The maximum absolute atomic E-state index is 6.31. The molecule has 0 amide bonds. The van der Waals surface area contributed by atoms with Gasteiger partial charge in [0.15, 0.2) is 0 Å². The summed E-state index contributed by atoms with van der Waals surface area (Å²) < 4.78 is 24.4. The van der Waals surface area contributed by atoms with Crippen LogP contribution in [0.2, 0.25) is 0 Å². The van der Waals surface area contributed by atoms with Crippen molar-refractivity contribution in [1.82, 2.24) is 4.90 Å². The van der Waals surface area contributed by atoms with Crippen LogP contribution in [-0.4, -0.2) is 65.0 Å². The minimum absolute atomic E-state index is 0.0138. The molecule has 1 fully saturated rings. The summed E-state index contributed by atoms with van der Waals surface area (Å²) in [5.41, 5.74) is 0. The zero-order valence-corrected chi connectivity index (χ0v) is 16.8. The molecule has 1 rings (SSSR count). The van der Waals surface area contributed by atoms with Gasteiger partial charge in [0, 0.05) is 6.61 Å². The van der Waals surface area contributed by atoms with Crippen molar-refractivity contribution in [3.63, 3.8) is 0 Å². The Morgan fingerprint density at radius 2 is 1.48 bits per heavy atom. The van der Waals surface area contributed by atoms with Gasteiger partial charge in [0.1, 0.15) is 0 Å². The van der Waals surface area contributed by atoms with Crippen LogP contribution in [0.5, 0.6) is 0 Å². The molecule has 2 atom stereocenters. The van der Waals surface area contributed by atoms with E-state index in [2.05, 4.69) is 18.7 Å². The van der Waals surface area contributed by atoms with E-state index < -0.39 is 8.80 Å². The van der Waals surface area contributed by atoms with Gasteiger partial charge in [-0.1, -0.05) is 26.7 Å². The first kappa shape index (κ1) is 21.1. The average Bonchev–Trinajstić information content (AvgIpc) is 2.48. The molecule has 0 aromatic rings. The Morgan fingerprint density at radius 3 is 1.91 bits per heavy atom. The molecule has 0 spiro atoms. The molecule has 0 N–H and O–H groups in total. The zero-order chi connectivity index (χ0) is 17.1. The van der Waals surface area contributed by atoms with E-state index in [1.807, 2.05) is 20.8 Å². The van der Waals surface area contributed by atoms with Crippen LogP contribution < -0.4 is 0 Å². The third-order valence-electron chi connectivity index (χ3n) is 3.90. The summed E-state index contributed by atoms with van der Waals surface area (Å²) in [6.45, 7) is 14.6. The maximum atomic E-state index is 6.31. The van der Waals surface area contributed by atoms with E-state index in [0.29, 0.717) is 19.8 Å². The lowest BCUT2D eigenvalue weighted by molar-refractivity contribution is -0.0756. The van der Waals surface area contributed by atoms with Gasteiger partial charge in [-0.25, -0.2) is 0 Å². The molecule has 5 nitrogen and oxygen atoms in total. The zero-order valence-electron chi connectivity index (χ0n) is 15.8. The van der Waals surface area contributed by atoms with Crippen molar-refractivity contribution in [3.8, 4) is 0 Å². The lowest BCUT2D eigenvalue weighted by Gasteiger charge is -2.39. The third-order valence-corrected chi connectivity index (χ3v) is 6.99. The molecule has 1 heterocycles. The molecule has 6 heteroatoms. The summed E-state index contributed by atoms with van der Waals surface area (Å²) in [6, 6.07) is 0. The predicted octanol–water partition coefficient (Wildman–Crippen LogP) is 3.24. The molecular formula is C17H37NO4Si. The van der Waals surface area contributed by atoms with Crippen molar-refractivity contribution in [3.05, 3.63) is 0 Å². The fraction of sp³-hybridized carbons (Fsp3) is 1.00. The highest BCUT2D eigenvalue weighted by atomic mass is 28.4. The van der Waals surface area contributed by atoms with Crippen molar-refractivity contribution in [2.45, 2.75) is 72.5 Å². The highest BCUT2D eigenvalue weighted by molar-refractivity contribution is 6.61. The molecule has 0 saturated carbocycles. The SMILES string of the molecule is CCCCN(CCCC)C[Si]1(OCC)OC(C)COCC(C)O1. The monoisotopic (exact) mass is 347 g/mol. The van der Waals surface area contributed by atoms with Crippen LogP contribution in [0.4, 0.5) is 0 Å². The Hall–Kier alpha value is 0.0169. The Labute approximate surface area is 144 Å². The van der Waals surface area contributed by atoms with Gasteiger partial charge in [0.05, 0.1) is 31.6 Å². The highest BCUT2D eigenvalue weighted by Gasteiger charge is 2.46. The van der Waals surface area contributed by atoms with E-state index in [4.69, 9.17) is 18.0 Å². The van der Waals surface area contributed by atoms with Crippen LogP contribution in [0.15, 0.2) is 0 Å². The molecule has 1 saturated heterocycles. The van der Waals surface area contributed by atoms with Crippen LogP contribution in [0.3, 0.4) is 0 Å². The molecule has 0 radical (unpaired) electrons. The van der Waals surface area contributed by atoms with Crippen LogP contribution in [0.1, 0.15) is 60.3 Å². The molecule has 2 unspecified atom stereocenters. The number of hydrogen-bond acceptors (Lipinski definition) is 5. The second kappa shape index (κ2) is 11.6. The minimum Gasteiger partial charge on any atom is -0.376 e. The Bertz CT molecular complexity index is 286. The van der Waals surface area contributed by atoms with Crippen molar-refractivity contribution in [2.24, 2.45) is 0 Å². The quantitative estimate of drug-likeness (QED) is 0.567. The molecule has 0 aromatic heterocycles. The van der Waals surface area contributed by atoms with Gasteiger partial charge < -0.3 is 18.0 Å². The Morgan fingerprint density at radius 1 is 0.957 bits per heavy atom. The summed E-state index contributed by atoms with van der Waals surface area (Å²) in [7, 11) is -2.71. The Kier molecular flexibility index (Phi) is 10.6.